The number of rotatable bonds is 5. The molecular weight excluding hydrogens is 308 g/mol. The second-order valence-electron chi connectivity index (χ2n) is 4.23. The van der Waals surface area contributed by atoms with Gasteiger partial charge in [0.2, 0.25) is 15.9 Å². The molecule has 0 saturated carbocycles. The van der Waals surface area contributed by atoms with Gasteiger partial charge in [-0.15, -0.1) is 0 Å². The van der Waals surface area contributed by atoms with E-state index >= 15 is 0 Å². The van der Waals surface area contributed by atoms with Crippen LogP contribution in [0.5, 0.6) is 0 Å². The Labute approximate surface area is 118 Å². The van der Waals surface area contributed by atoms with E-state index in [1.54, 1.807) is 0 Å². The summed E-state index contributed by atoms with van der Waals surface area (Å²) in [6, 6.07) is 0.666. The zero-order chi connectivity index (χ0) is 14.9. The number of nitro groups is 1. The average molecular weight is 320 g/mol. The molecular formula is C9H12N4O5S2. The lowest BCUT2D eigenvalue weighted by Gasteiger charge is -2.10. The fourth-order valence-electron chi connectivity index (χ4n) is 1.76. The summed E-state index contributed by atoms with van der Waals surface area (Å²) in [5, 5.41) is 13.1. The van der Waals surface area contributed by atoms with E-state index in [0.29, 0.717) is 24.2 Å². The average Bonchev–Trinajstić information content (AvgIpc) is 2.93. The number of hydrogen-bond acceptors (Lipinski definition) is 7. The van der Waals surface area contributed by atoms with Gasteiger partial charge in [-0.2, -0.15) is 0 Å². The third-order valence-electron chi connectivity index (χ3n) is 2.78. The van der Waals surface area contributed by atoms with Crippen molar-refractivity contribution in [2.24, 2.45) is 0 Å². The second-order valence-corrected chi connectivity index (χ2v) is 7.30. The summed E-state index contributed by atoms with van der Waals surface area (Å²) >= 11 is 0.631. The zero-order valence-corrected chi connectivity index (χ0v) is 11.8. The summed E-state index contributed by atoms with van der Waals surface area (Å²) in [6.07, 6.45) is 0.915. The monoisotopic (exact) mass is 320 g/mol. The van der Waals surface area contributed by atoms with Gasteiger partial charge >= 0.3 is 5.69 Å². The van der Waals surface area contributed by atoms with Crippen molar-refractivity contribution < 1.29 is 18.1 Å². The number of carbonyl (C=O) groups is 1. The molecule has 1 saturated heterocycles. The van der Waals surface area contributed by atoms with Crippen LogP contribution in [0.3, 0.4) is 0 Å². The molecule has 11 heteroatoms. The predicted molar refractivity (Wildman–Crippen MR) is 71.7 cm³/mol. The van der Waals surface area contributed by atoms with Gasteiger partial charge in [0.25, 0.3) is 0 Å². The Morgan fingerprint density at radius 1 is 1.60 bits per heavy atom. The molecule has 1 unspecified atom stereocenters. The molecule has 1 atom stereocenters. The molecule has 20 heavy (non-hydrogen) atoms. The van der Waals surface area contributed by atoms with Crippen LogP contribution in [-0.2, 0) is 14.8 Å². The minimum absolute atomic E-state index is 0.0413. The van der Waals surface area contributed by atoms with E-state index in [9.17, 15) is 23.3 Å². The molecule has 0 bridgehead atoms. The lowest BCUT2D eigenvalue weighted by molar-refractivity contribution is -0.383. The van der Waals surface area contributed by atoms with Gasteiger partial charge in [0, 0.05) is 25.1 Å². The van der Waals surface area contributed by atoms with Crippen LogP contribution >= 0.6 is 11.3 Å². The number of carbonyl (C=O) groups excluding carboxylic acids is 1. The predicted octanol–water partition coefficient (Wildman–Crippen LogP) is -0.205. The maximum absolute atomic E-state index is 12.0. The third kappa shape index (κ3) is 3.05. The van der Waals surface area contributed by atoms with E-state index in [4.69, 9.17) is 5.73 Å². The van der Waals surface area contributed by atoms with Crippen molar-refractivity contribution >= 4 is 38.0 Å². The number of nitrogens with one attached hydrogen (secondary N) is 2. The topological polar surface area (TPSA) is 144 Å². The molecule has 1 aromatic heterocycles. The molecule has 110 valence electrons. The maximum Gasteiger partial charge on any atom is 0.304 e. The summed E-state index contributed by atoms with van der Waals surface area (Å²) in [7, 11) is -3.87. The van der Waals surface area contributed by atoms with Crippen LogP contribution in [-0.4, -0.2) is 31.8 Å². The fraction of sp³-hybridized carbons (Fsp3) is 0.444. The smallest absolute Gasteiger partial charge is 0.304 e. The molecule has 1 amide bonds. The molecule has 9 nitrogen and oxygen atoms in total. The Kier molecular flexibility index (Phi) is 3.92. The normalized spacial score (nSPS) is 19.0. The van der Waals surface area contributed by atoms with E-state index < -0.39 is 20.6 Å². The molecule has 0 aromatic carbocycles. The van der Waals surface area contributed by atoms with Gasteiger partial charge in [-0.25, -0.2) is 13.1 Å². The number of sulfonamides is 1. The second kappa shape index (κ2) is 5.34. The number of thiophene rings is 1. The van der Waals surface area contributed by atoms with E-state index in [2.05, 4.69) is 10.0 Å². The van der Waals surface area contributed by atoms with Crippen molar-refractivity contribution in [3.63, 3.8) is 0 Å². The highest BCUT2D eigenvalue weighted by Gasteiger charge is 2.27. The third-order valence-corrected chi connectivity index (χ3v) is 5.63. The minimum Gasteiger partial charge on any atom is -0.385 e. The number of anilines is 1. The lowest BCUT2D eigenvalue weighted by atomic mass is 10.2. The van der Waals surface area contributed by atoms with Crippen LogP contribution < -0.4 is 15.8 Å². The highest BCUT2D eigenvalue weighted by Crippen LogP contribution is 2.34. The number of nitrogen functional groups attached to an aromatic ring is 1. The van der Waals surface area contributed by atoms with Crippen LogP contribution in [0.15, 0.2) is 10.3 Å². The number of hydrogen-bond donors (Lipinski definition) is 3. The van der Waals surface area contributed by atoms with Crippen molar-refractivity contribution in [3.8, 4) is 0 Å². The van der Waals surface area contributed by atoms with Crippen molar-refractivity contribution in [3.05, 3.63) is 16.2 Å². The van der Waals surface area contributed by atoms with E-state index in [-0.39, 0.29) is 27.7 Å². The molecule has 0 aliphatic carbocycles. The Morgan fingerprint density at radius 2 is 2.30 bits per heavy atom. The molecule has 1 fully saturated rings. The van der Waals surface area contributed by atoms with Crippen LogP contribution in [0.1, 0.15) is 12.8 Å². The molecule has 2 heterocycles. The highest BCUT2D eigenvalue weighted by molar-refractivity contribution is 7.91. The Hall–Kier alpha value is -1.72. The standard InChI is InChI=1S/C9H12N4O5S2/c10-9-6(13(15)16)3-8(19-9)20(17,18)11-4-5-1-2-7(14)12-5/h3,5,11H,1-2,4,10H2,(H,12,14). The van der Waals surface area contributed by atoms with Crippen molar-refractivity contribution in [2.45, 2.75) is 23.1 Å². The number of nitrogens with zero attached hydrogens (tertiary/aromatic N) is 1. The molecule has 4 N–H and O–H groups in total. The molecule has 0 spiro atoms. The zero-order valence-electron chi connectivity index (χ0n) is 10.2. The van der Waals surface area contributed by atoms with E-state index in [1.165, 1.54) is 0 Å². The summed E-state index contributed by atoms with van der Waals surface area (Å²) in [4.78, 5) is 20.9. The van der Waals surface area contributed by atoms with Gasteiger partial charge < -0.3 is 11.1 Å². The largest absolute Gasteiger partial charge is 0.385 e. The summed E-state index contributed by atoms with van der Waals surface area (Å²) in [5.41, 5.74) is 4.98. The minimum atomic E-state index is -3.87. The van der Waals surface area contributed by atoms with Crippen LogP contribution in [0.25, 0.3) is 0 Å². The van der Waals surface area contributed by atoms with Crippen molar-refractivity contribution in [1.29, 1.82) is 0 Å². The van der Waals surface area contributed by atoms with Gasteiger partial charge in [0.05, 0.1) is 4.92 Å². The molecule has 1 aliphatic heterocycles. The SMILES string of the molecule is Nc1sc(S(=O)(=O)NCC2CCC(=O)N2)cc1[N+](=O)[O-]. The van der Waals surface area contributed by atoms with Gasteiger partial charge in [-0.3, -0.25) is 14.9 Å². The maximum atomic E-state index is 12.0. The van der Waals surface area contributed by atoms with Gasteiger partial charge in [0.1, 0.15) is 4.21 Å². The Balaban J connectivity index is 2.08. The van der Waals surface area contributed by atoms with Crippen molar-refractivity contribution in [2.75, 3.05) is 12.3 Å². The molecule has 1 aromatic rings. The molecule has 1 aliphatic rings. The Morgan fingerprint density at radius 3 is 2.80 bits per heavy atom. The van der Waals surface area contributed by atoms with Crippen LogP contribution in [0.4, 0.5) is 10.7 Å². The summed E-state index contributed by atoms with van der Waals surface area (Å²) in [6.45, 7) is 0.0413. The fourth-order valence-corrected chi connectivity index (χ4v) is 4.10. The first-order valence-electron chi connectivity index (χ1n) is 5.62. The highest BCUT2D eigenvalue weighted by atomic mass is 32.2. The number of nitrogens with two attached hydrogens (primary N) is 1. The summed E-state index contributed by atoms with van der Waals surface area (Å²) in [5.74, 6) is -0.120. The van der Waals surface area contributed by atoms with Crippen LogP contribution in [0, 0.1) is 10.1 Å². The van der Waals surface area contributed by atoms with E-state index in [0.717, 1.165) is 6.07 Å². The summed E-state index contributed by atoms with van der Waals surface area (Å²) < 4.78 is 26.0. The van der Waals surface area contributed by atoms with Gasteiger partial charge in [-0.1, -0.05) is 11.3 Å². The van der Waals surface area contributed by atoms with Gasteiger partial charge in [-0.05, 0) is 6.42 Å². The lowest BCUT2D eigenvalue weighted by Crippen LogP contribution is -2.38. The van der Waals surface area contributed by atoms with Crippen molar-refractivity contribution in [1.82, 2.24) is 10.0 Å². The first kappa shape index (κ1) is 14.7. The first-order chi connectivity index (χ1) is 9.29. The van der Waals surface area contributed by atoms with E-state index in [1.807, 2.05) is 0 Å². The Bertz CT molecular complexity index is 653. The first-order valence-corrected chi connectivity index (χ1v) is 7.92. The molecule has 0 radical (unpaired) electrons. The molecule has 2 rings (SSSR count). The quantitative estimate of drug-likeness (QED) is 0.506. The van der Waals surface area contributed by atoms with Gasteiger partial charge in [0.15, 0.2) is 5.00 Å². The van der Waals surface area contributed by atoms with Crippen LogP contribution in [0.2, 0.25) is 0 Å². The number of amides is 1.